The van der Waals surface area contributed by atoms with Crippen LogP contribution in [0.2, 0.25) is 0 Å². The summed E-state index contributed by atoms with van der Waals surface area (Å²) in [5.41, 5.74) is 0.603. The Bertz CT molecular complexity index is 1120. The van der Waals surface area contributed by atoms with Gasteiger partial charge in [-0.15, -0.1) is 0 Å². The number of hydrogen-bond acceptors (Lipinski definition) is 6. The lowest BCUT2D eigenvalue weighted by Gasteiger charge is -2.11. The molecule has 3 N–H and O–H groups in total. The van der Waals surface area contributed by atoms with Crippen molar-refractivity contribution in [3.05, 3.63) is 51.9 Å². The molecule has 0 aliphatic carbocycles. The summed E-state index contributed by atoms with van der Waals surface area (Å²) in [5, 5.41) is 21.2. The van der Waals surface area contributed by atoms with Crippen molar-refractivity contribution in [2.75, 3.05) is 6.54 Å². The molecule has 0 bridgehead atoms. The van der Waals surface area contributed by atoms with E-state index >= 15 is 0 Å². The lowest BCUT2D eigenvalue weighted by atomic mass is 10.1. The monoisotopic (exact) mass is 368 g/mol. The molecule has 0 saturated carbocycles. The number of amides is 1. The SMILES string of the molecule is Cc1ccc(-c2ncc3c(O)c(C(=O)NCC(=O)O)c(=O)n(C)c3n2)cc1. The number of hydrogen-bond donors (Lipinski definition) is 3. The quantitative estimate of drug-likeness (QED) is 0.621. The molecule has 0 radical (unpaired) electrons. The van der Waals surface area contributed by atoms with Crippen LogP contribution >= 0.6 is 0 Å². The Hall–Kier alpha value is -3.75. The molecule has 9 heteroatoms. The minimum Gasteiger partial charge on any atom is -0.506 e. The summed E-state index contributed by atoms with van der Waals surface area (Å²) in [6.45, 7) is 1.27. The molecule has 27 heavy (non-hydrogen) atoms. The lowest BCUT2D eigenvalue weighted by Crippen LogP contribution is -2.35. The molecule has 9 nitrogen and oxygen atoms in total. The van der Waals surface area contributed by atoms with Gasteiger partial charge in [-0.1, -0.05) is 29.8 Å². The van der Waals surface area contributed by atoms with Gasteiger partial charge in [-0.2, -0.15) is 0 Å². The fraction of sp³-hybridized carbons (Fsp3) is 0.167. The smallest absolute Gasteiger partial charge is 0.322 e. The van der Waals surface area contributed by atoms with Gasteiger partial charge in [0.25, 0.3) is 11.5 Å². The molecule has 0 saturated heterocycles. The second kappa shape index (κ2) is 6.87. The summed E-state index contributed by atoms with van der Waals surface area (Å²) in [6, 6.07) is 7.47. The van der Waals surface area contributed by atoms with E-state index in [2.05, 4.69) is 15.3 Å². The zero-order valence-corrected chi connectivity index (χ0v) is 14.6. The van der Waals surface area contributed by atoms with Gasteiger partial charge in [0.05, 0.1) is 5.39 Å². The number of carbonyl (C=O) groups excluding carboxylic acids is 1. The van der Waals surface area contributed by atoms with Gasteiger partial charge in [-0.3, -0.25) is 19.0 Å². The van der Waals surface area contributed by atoms with Gasteiger partial charge in [-0.05, 0) is 6.92 Å². The molecule has 2 heterocycles. The predicted octanol–water partition coefficient (Wildman–Crippen LogP) is 0.824. The fourth-order valence-electron chi connectivity index (χ4n) is 2.59. The summed E-state index contributed by atoms with van der Waals surface area (Å²) in [6.07, 6.45) is 1.32. The molecule has 1 aromatic carbocycles. The summed E-state index contributed by atoms with van der Waals surface area (Å²) in [5.74, 6) is -2.49. The summed E-state index contributed by atoms with van der Waals surface area (Å²) >= 11 is 0. The first-order chi connectivity index (χ1) is 12.8. The normalized spacial score (nSPS) is 10.7. The molecule has 3 rings (SSSR count). The minimum absolute atomic E-state index is 0.105. The summed E-state index contributed by atoms with van der Waals surface area (Å²) in [7, 11) is 1.41. The minimum atomic E-state index is -1.27. The first kappa shape index (κ1) is 18.1. The highest BCUT2D eigenvalue weighted by atomic mass is 16.4. The third-order valence-electron chi connectivity index (χ3n) is 4.03. The van der Waals surface area contributed by atoms with Crippen molar-refractivity contribution in [1.29, 1.82) is 0 Å². The third kappa shape index (κ3) is 3.34. The Balaban J connectivity index is 2.14. The van der Waals surface area contributed by atoms with E-state index in [0.29, 0.717) is 5.82 Å². The fourth-order valence-corrected chi connectivity index (χ4v) is 2.59. The van der Waals surface area contributed by atoms with Gasteiger partial charge in [-0.25, -0.2) is 9.97 Å². The van der Waals surface area contributed by atoms with Gasteiger partial charge in [0, 0.05) is 18.8 Å². The molecule has 0 spiro atoms. The highest BCUT2D eigenvalue weighted by molar-refractivity contribution is 6.02. The maximum atomic E-state index is 12.5. The maximum absolute atomic E-state index is 12.5. The van der Waals surface area contributed by atoms with Crippen LogP contribution in [0.25, 0.3) is 22.4 Å². The van der Waals surface area contributed by atoms with Crippen LogP contribution in [0.3, 0.4) is 0 Å². The average Bonchev–Trinajstić information content (AvgIpc) is 2.65. The summed E-state index contributed by atoms with van der Waals surface area (Å²) in [4.78, 5) is 43.8. The maximum Gasteiger partial charge on any atom is 0.322 e. The molecular formula is C18H16N4O5. The van der Waals surface area contributed by atoms with Crippen LogP contribution in [0.4, 0.5) is 0 Å². The number of carboxylic acid groups (broad SMARTS) is 1. The second-order valence-electron chi connectivity index (χ2n) is 5.96. The van der Waals surface area contributed by atoms with E-state index in [0.717, 1.165) is 15.7 Å². The zero-order valence-electron chi connectivity index (χ0n) is 14.6. The van der Waals surface area contributed by atoms with Crippen LogP contribution in [0.1, 0.15) is 15.9 Å². The number of nitrogens with zero attached hydrogens (tertiary/aromatic N) is 3. The van der Waals surface area contributed by atoms with Crippen molar-refractivity contribution in [2.24, 2.45) is 7.05 Å². The zero-order chi connectivity index (χ0) is 19.7. The van der Waals surface area contributed by atoms with Crippen molar-refractivity contribution >= 4 is 22.9 Å². The molecule has 0 atom stereocenters. The van der Waals surface area contributed by atoms with Crippen LogP contribution in [-0.4, -0.2) is 43.2 Å². The van der Waals surface area contributed by atoms with Crippen LogP contribution in [0.15, 0.2) is 35.3 Å². The van der Waals surface area contributed by atoms with E-state index in [4.69, 9.17) is 5.11 Å². The number of aryl methyl sites for hydroxylation is 2. The molecular weight excluding hydrogens is 352 g/mol. The number of rotatable bonds is 4. The van der Waals surface area contributed by atoms with Crippen molar-refractivity contribution in [3.63, 3.8) is 0 Å². The Labute approximate surface area is 152 Å². The van der Waals surface area contributed by atoms with E-state index in [9.17, 15) is 19.5 Å². The average molecular weight is 368 g/mol. The Morgan fingerprint density at radius 1 is 1.22 bits per heavy atom. The van der Waals surface area contributed by atoms with Gasteiger partial charge < -0.3 is 15.5 Å². The van der Waals surface area contributed by atoms with Crippen molar-refractivity contribution in [3.8, 4) is 17.1 Å². The lowest BCUT2D eigenvalue weighted by molar-refractivity contribution is -0.135. The molecule has 138 valence electrons. The van der Waals surface area contributed by atoms with Crippen LogP contribution in [-0.2, 0) is 11.8 Å². The Kier molecular flexibility index (Phi) is 4.59. The number of aliphatic carboxylic acids is 1. The number of aromatic nitrogens is 3. The molecule has 0 aliphatic rings. The van der Waals surface area contributed by atoms with E-state index in [-0.39, 0.29) is 11.0 Å². The third-order valence-corrected chi connectivity index (χ3v) is 4.03. The highest BCUT2D eigenvalue weighted by Gasteiger charge is 2.22. The van der Waals surface area contributed by atoms with Gasteiger partial charge in [0.15, 0.2) is 5.82 Å². The number of pyridine rings is 1. The van der Waals surface area contributed by atoms with E-state index in [1.165, 1.54) is 13.2 Å². The number of nitrogens with one attached hydrogen (secondary N) is 1. The number of carbonyl (C=O) groups is 2. The molecule has 1 amide bonds. The number of carboxylic acids is 1. The topological polar surface area (TPSA) is 134 Å². The van der Waals surface area contributed by atoms with Crippen LogP contribution in [0, 0.1) is 6.92 Å². The number of benzene rings is 1. The van der Waals surface area contributed by atoms with Crippen molar-refractivity contribution < 1.29 is 19.8 Å². The van der Waals surface area contributed by atoms with E-state index in [1.807, 2.05) is 31.2 Å². The summed E-state index contributed by atoms with van der Waals surface area (Å²) < 4.78 is 1.12. The molecule has 2 aromatic heterocycles. The molecule has 3 aromatic rings. The van der Waals surface area contributed by atoms with Crippen LogP contribution < -0.4 is 10.9 Å². The highest BCUT2D eigenvalue weighted by Crippen LogP contribution is 2.26. The number of fused-ring (bicyclic) bond motifs is 1. The van der Waals surface area contributed by atoms with Gasteiger partial charge in [0.2, 0.25) is 0 Å². The van der Waals surface area contributed by atoms with E-state index < -0.39 is 35.3 Å². The first-order valence-electron chi connectivity index (χ1n) is 7.95. The largest absolute Gasteiger partial charge is 0.506 e. The van der Waals surface area contributed by atoms with Gasteiger partial charge in [0.1, 0.15) is 23.5 Å². The predicted molar refractivity (Wildman–Crippen MR) is 96.6 cm³/mol. The Morgan fingerprint density at radius 3 is 2.52 bits per heavy atom. The first-order valence-corrected chi connectivity index (χ1v) is 7.95. The molecule has 0 fully saturated rings. The Morgan fingerprint density at radius 2 is 1.89 bits per heavy atom. The molecule has 0 aliphatic heterocycles. The number of aromatic hydroxyl groups is 1. The van der Waals surface area contributed by atoms with Crippen molar-refractivity contribution in [1.82, 2.24) is 19.9 Å². The molecule has 0 unspecified atom stereocenters. The second-order valence-corrected chi connectivity index (χ2v) is 5.96. The van der Waals surface area contributed by atoms with Gasteiger partial charge >= 0.3 is 5.97 Å². The standard InChI is InChI=1S/C18H16N4O5/c1-9-3-5-10(6-4-9)15-19-7-11-14(25)13(17(26)20-8-12(23)24)18(27)22(2)16(11)21-15/h3-7,25H,8H2,1-2H3,(H,20,26)(H,23,24). The van der Waals surface area contributed by atoms with E-state index in [1.54, 1.807) is 0 Å². The van der Waals surface area contributed by atoms with Crippen molar-refractivity contribution in [2.45, 2.75) is 6.92 Å². The van der Waals surface area contributed by atoms with Crippen LogP contribution in [0.5, 0.6) is 5.75 Å².